The smallest absolute Gasteiger partial charge is 0.183 e. The number of hydrogen-bond acceptors (Lipinski definition) is 4. The molecule has 1 N–H and O–H groups in total. The molecule has 0 aliphatic heterocycles. The first-order valence-electron chi connectivity index (χ1n) is 6.12. The maximum atomic E-state index is 5.54. The van der Waals surface area contributed by atoms with Crippen molar-refractivity contribution in [3.8, 4) is 11.5 Å². The van der Waals surface area contributed by atoms with Crippen LogP contribution in [0.4, 0.5) is 5.69 Å². The molecule has 0 bridgehead atoms. The zero-order valence-corrected chi connectivity index (χ0v) is 14.4. The van der Waals surface area contributed by atoms with Crippen molar-refractivity contribution in [3.05, 3.63) is 39.2 Å². The Balaban J connectivity index is 2.07. The minimum Gasteiger partial charge on any atom is -0.493 e. The van der Waals surface area contributed by atoms with E-state index < -0.39 is 0 Å². The van der Waals surface area contributed by atoms with Crippen molar-refractivity contribution in [3.63, 3.8) is 0 Å². The average Bonchev–Trinajstić information content (AvgIpc) is 2.76. The van der Waals surface area contributed by atoms with Crippen LogP contribution in [0, 0.1) is 0 Å². The summed E-state index contributed by atoms with van der Waals surface area (Å²) < 4.78 is 17.9. The van der Waals surface area contributed by atoms with Gasteiger partial charge in [0, 0.05) is 11.8 Å². The molecule has 2 rings (SSSR count). The molecular formula is C14H15Br2NO3. The normalized spacial score (nSPS) is 10.4. The highest BCUT2D eigenvalue weighted by molar-refractivity contribution is 9.13. The van der Waals surface area contributed by atoms with Gasteiger partial charge in [-0.2, -0.15) is 0 Å². The van der Waals surface area contributed by atoms with Crippen LogP contribution in [0.15, 0.2) is 37.8 Å². The number of rotatable bonds is 6. The van der Waals surface area contributed by atoms with Crippen molar-refractivity contribution in [2.75, 3.05) is 19.0 Å². The fraction of sp³-hybridized carbons (Fsp3) is 0.286. The lowest BCUT2D eigenvalue weighted by atomic mass is 10.2. The van der Waals surface area contributed by atoms with Crippen LogP contribution in [0.1, 0.15) is 12.7 Å². The standard InChI is InChI=1S/C14H15Br2NO3/c1-3-19-13-6-9(4-5-12(13)18-2)17-8-10-7-11(15)14(16)20-10/h4-7,17H,3,8H2,1-2H3. The summed E-state index contributed by atoms with van der Waals surface area (Å²) >= 11 is 6.70. The van der Waals surface area contributed by atoms with E-state index in [1.165, 1.54) is 0 Å². The van der Waals surface area contributed by atoms with Crippen molar-refractivity contribution < 1.29 is 13.9 Å². The second-order valence-electron chi connectivity index (χ2n) is 3.99. The van der Waals surface area contributed by atoms with Crippen LogP contribution in [0.2, 0.25) is 0 Å². The summed E-state index contributed by atoms with van der Waals surface area (Å²) in [6, 6.07) is 7.65. The summed E-state index contributed by atoms with van der Waals surface area (Å²) in [5.74, 6) is 2.28. The minimum absolute atomic E-state index is 0.585. The Morgan fingerprint density at radius 2 is 2.00 bits per heavy atom. The molecule has 0 saturated heterocycles. The summed E-state index contributed by atoms with van der Waals surface area (Å²) in [5, 5.41) is 3.28. The van der Waals surface area contributed by atoms with Crippen molar-refractivity contribution in [1.29, 1.82) is 0 Å². The van der Waals surface area contributed by atoms with E-state index in [1.807, 2.05) is 31.2 Å². The summed E-state index contributed by atoms with van der Waals surface area (Å²) in [6.45, 7) is 3.12. The van der Waals surface area contributed by atoms with E-state index in [1.54, 1.807) is 7.11 Å². The first kappa shape index (κ1) is 15.3. The molecule has 0 radical (unpaired) electrons. The lowest BCUT2D eigenvalue weighted by molar-refractivity contribution is 0.311. The van der Waals surface area contributed by atoms with Gasteiger partial charge in [0.2, 0.25) is 0 Å². The van der Waals surface area contributed by atoms with Crippen LogP contribution in [-0.2, 0) is 6.54 Å². The lowest BCUT2D eigenvalue weighted by Crippen LogP contribution is -2.00. The third-order valence-electron chi connectivity index (χ3n) is 2.63. The number of hydrogen-bond donors (Lipinski definition) is 1. The molecule has 20 heavy (non-hydrogen) atoms. The van der Waals surface area contributed by atoms with Gasteiger partial charge in [0.25, 0.3) is 0 Å². The Labute approximate surface area is 134 Å². The number of halogens is 2. The Kier molecular flexibility index (Phi) is 5.37. The molecule has 6 heteroatoms. The van der Waals surface area contributed by atoms with Crippen molar-refractivity contribution in [2.24, 2.45) is 0 Å². The van der Waals surface area contributed by atoms with Gasteiger partial charge in [-0.05, 0) is 57.0 Å². The van der Waals surface area contributed by atoms with Crippen molar-refractivity contribution in [1.82, 2.24) is 0 Å². The minimum atomic E-state index is 0.585. The Bertz CT molecular complexity index is 564. The third kappa shape index (κ3) is 3.70. The topological polar surface area (TPSA) is 43.6 Å². The van der Waals surface area contributed by atoms with Crippen LogP contribution in [0.25, 0.3) is 0 Å². The molecule has 0 spiro atoms. The largest absolute Gasteiger partial charge is 0.493 e. The molecule has 0 unspecified atom stereocenters. The quantitative estimate of drug-likeness (QED) is 0.749. The van der Waals surface area contributed by atoms with Crippen LogP contribution >= 0.6 is 31.9 Å². The molecule has 0 saturated carbocycles. The predicted octanol–water partition coefficient (Wildman–Crippen LogP) is 4.82. The van der Waals surface area contributed by atoms with E-state index in [0.29, 0.717) is 17.8 Å². The predicted molar refractivity (Wildman–Crippen MR) is 85.6 cm³/mol. The zero-order valence-electron chi connectivity index (χ0n) is 11.2. The molecule has 1 aromatic carbocycles. The van der Waals surface area contributed by atoms with Gasteiger partial charge >= 0.3 is 0 Å². The number of anilines is 1. The molecule has 4 nitrogen and oxygen atoms in total. The summed E-state index contributed by atoms with van der Waals surface area (Å²) in [5.41, 5.74) is 0.942. The molecule has 0 aliphatic carbocycles. The molecule has 0 aliphatic rings. The van der Waals surface area contributed by atoms with Crippen LogP contribution in [-0.4, -0.2) is 13.7 Å². The first-order valence-corrected chi connectivity index (χ1v) is 7.71. The van der Waals surface area contributed by atoms with Gasteiger partial charge in [-0.15, -0.1) is 0 Å². The average molecular weight is 405 g/mol. The second kappa shape index (κ2) is 7.04. The van der Waals surface area contributed by atoms with E-state index in [9.17, 15) is 0 Å². The third-order valence-corrected chi connectivity index (χ3v) is 4.34. The number of nitrogens with one attached hydrogen (secondary N) is 1. The van der Waals surface area contributed by atoms with Crippen molar-refractivity contribution >= 4 is 37.5 Å². The Morgan fingerprint density at radius 3 is 2.60 bits per heavy atom. The van der Waals surface area contributed by atoms with Gasteiger partial charge in [0.1, 0.15) is 5.76 Å². The van der Waals surface area contributed by atoms with Gasteiger partial charge < -0.3 is 19.2 Å². The second-order valence-corrected chi connectivity index (χ2v) is 5.56. The number of methoxy groups -OCH3 is 1. The fourth-order valence-electron chi connectivity index (χ4n) is 1.72. The SMILES string of the molecule is CCOc1cc(NCc2cc(Br)c(Br)o2)ccc1OC. The van der Waals surface area contributed by atoms with Gasteiger partial charge in [-0.1, -0.05) is 0 Å². The first-order chi connectivity index (χ1) is 9.63. The van der Waals surface area contributed by atoms with Crippen LogP contribution < -0.4 is 14.8 Å². The van der Waals surface area contributed by atoms with E-state index in [-0.39, 0.29) is 0 Å². The molecule has 0 amide bonds. The highest BCUT2D eigenvalue weighted by Gasteiger charge is 2.08. The molecule has 2 aromatic rings. The summed E-state index contributed by atoms with van der Waals surface area (Å²) in [7, 11) is 1.63. The molecule has 0 fully saturated rings. The maximum absolute atomic E-state index is 5.54. The molecule has 1 heterocycles. The zero-order chi connectivity index (χ0) is 14.5. The van der Waals surface area contributed by atoms with E-state index in [4.69, 9.17) is 13.9 Å². The van der Waals surface area contributed by atoms with Gasteiger partial charge in [0.15, 0.2) is 16.2 Å². The van der Waals surface area contributed by atoms with Gasteiger partial charge in [-0.3, -0.25) is 0 Å². The number of furan rings is 1. The summed E-state index contributed by atoms with van der Waals surface area (Å²) in [4.78, 5) is 0. The molecule has 108 valence electrons. The van der Waals surface area contributed by atoms with E-state index in [0.717, 1.165) is 27.4 Å². The van der Waals surface area contributed by atoms with E-state index in [2.05, 4.69) is 37.2 Å². The number of ether oxygens (including phenoxy) is 2. The summed E-state index contributed by atoms with van der Waals surface area (Å²) in [6.07, 6.45) is 0. The molecular weight excluding hydrogens is 390 g/mol. The van der Waals surface area contributed by atoms with E-state index >= 15 is 0 Å². The van der Waals surface area contributed by atoms with Crippen LogP contribution in [0.5, 0.6) is 11.5 Å². The Hall–Kier alpha value is -1.14. The van der Waals surface area contributed by atoms with Crippen molar-refractivity contribution in [2.45, 2.75) is 13.5 Å². The molecule has 1 aromatic heterocycles. The lowest BCUT2D eigenvalue weighted by Gasteiger charge is -2.11. The van der Waals surface area contributed by atoms with Gasteiger partial charge in [0.05, 0.1) is 24.7 Å². The molecule has 0 atom stereocenters. The highest BCUT2D eigenvalue weighted by Crippen LogP contribution is 2.31. The number of benzene rings is 1. The Morgan fingerprint density at radius 1 is 1.20 bits per heavy atom. The van der Waals surface area contributed by atoms with Gasteiger partial charge in [-0.25, -0.2) is 0 Å². The fourth-order valence-corrected chi connectivity index (χ4v) is 2.38. The van der Waals surface area contributed by atoms with Crippen LogP contribution in [0.3, 0.4) is 0 Å². The monoisotopic (exact) mass is 403 g/mol. The highest BCUT2D eigenvalue weighted by atomic mass is 79.9. The maximum Gasteiger partial charge on any atom is 0.183 e.